The number of hydrogen-bond acceptors (Lipinski definition) is 0. The van der Waals surface area contributed by atoms with Crippen molar-refractivity contribution in [2.24, 2.45) is 0 Å². The summed E-state index contributed by atoms with van der Waals surface area (Å²) in [7, 11) is 0. The molecule has 0 saturated carbocycles. The molecule has 0 saturated heterocycles. The van der Waals surface area contributed by atoms with Crippen molar-refractivity contribution in [1.82, 2.24) is 0 Å². The third-order valence-corrected chi connectivity index (χ3v) is 15.0. The predicted molar refractivity (Wildman–Crippen MR) is 64.9 cm³/mol. The van der Waals surface area contributed by atoms with Gasteiger partial charge in [0.2, 0.25) is 0 Å². The third kappa shape index (κ3) is 9.23. The van der Waals surface area contributed by atoms with Crippen molar-refractivity contribution in [3.8, 4) is 0 Å². The van der Waals surface area contributed by atoms with E-state index in [1.165, 1.54) is 38.5 Å². The van der Waals surface area contributed by atoms with Crippen LogP contribution in [0.25, 0.3) is 0 Å². The van der Waals surface area contributed by atoms with E-state index in [2.05, 4.69) is 20.8 Å². The molecule has 0 nitrogen and oxygen atoms in total. The summed E-state index contributed by atoms with van der Waals surface area (Å²) in [6.07, 6.45) is 8.88. The molecule has 0 spiro atoms. The Morgan fingerprint density at radius 3 is 1.15 bits per heavy atom. The van der Waals surface area contributed by atoms with E-state index in [1.807, 2.05) is 0 Å². The molecule has 0 amide bonds. The van der Waals surface area contributed by atoms with Gasteiger partial charge in [0.15, 0.2) is 0 Å². The van der Waals surface area contributed by atoms with Gasteiger partial charge in [0.25, 0.3) is 0 Å². The monoisotopic (exact) mass is 379 g/mol. The first-order chi connectivity index (χ1) is 6.35. The second-order valence-corrected chi connectivity index (χ2v) is 15.7. The summed E-state index contributed by atoms with van der Waals surface area (Å²) in [5, 5.41) is 0. The van der Waals surface area contributed by atoms with Crippen LogP contribution in [-0.4, -0.2) is 22.7 Å². The van der Waals surface area contributed by atoms with Crippen molar-refractivity contribution < 1.29 is 0 Å². The Balaban J connectivity index is 3.47. The average Bonchev–Trinajstić information content (AvgIpc) is 2.17. The Bertz CT molecular complexity index is 72.1. The Hall–Kier alpha value is 0.922. The first-order valence-corrected chi connectivity index (χ1v) is 14.4. The summed E-state index contributed by atoms with van der Waals surface area (Å²) in [4.78, 5) is 0. The van der Waals surface area contributed by atoms with Crippen molar-refractivity contribution in [2.75, 3.05) is 0 Å². The van der Waals surface area contributed by atoms with Crippen LogP contribution in [0, 0.1) is 0 Å². The molecular weight excluding hydrogens is 351 g/mol. The molecule has 0 bridgehead atoms. The minimum atomic E-state index is -0.995. The van der Waals surface area contributed by atoms with Gasteiger partial charge in [-0.05, 0) is 0 Å². The zero-order valence-electron chi connectivity index (χ0n) is 9.86. The second-order valence-electron chi connectivity index (χ2n) is 4.06. The zero-order chi connectivity index (χ0) is 9.94. The van der Waals surface area contributed by atoms with E-state index < -0.39 is 22.7 Å². The maximum atomic E-state index is 2.34. The molecule has 0 aliphatic heterocycles. The van der Waals surface area contributed by atoms with Crippen LogP contribution >= 0.6 is 0 Å². The van der Waals surface area contributed by atoms with Crippen LogP contribution in [-0.2, 0) is 0 Å². The van der Waals surface area contributed by atoms with Gasteiger partial charge in [-0.25, -0.2) is 0 Å². The standard InChI is InChI=1S/3C4H9.Pb/c3*1-3-4-2;/h3*1,3-4H2,2H3;. The van der Waals surface area contributed by atoms with Gasteiger partial charge in [-0.15, -0.1) is 0 Å². The van der Waals surface area contributed by atoms with Crippen molar-refractivity contribution in [1.29, 1.82) is 0 Å². The van der Waals surface area contributed by atoms with Crippen molar-refractivity contribution in [2.45, 2.75) is 71.2 Å². The van der Waals surface area contributed by atoms with Gasteiger partial charge in [0.1, 0.15) is 0 Å². The summed E-state index contributed by atoms with van der Waals surface area (Å²) < 4.78 is 5.09. The normalized spacial score (nSPS) is 11.1. The van der Waals surface area contributed by atoms with Gasteiger partial charge in [0, 0.05) is 0 Å². The summed E-state index contributed by atoms with van der Waals surface area (Å²) in [5.41, 5.74) is 0. The van der Waals surface area contributed by atoms with Crippen LogP contribution in [0.4, 0.5) is 0 Å². The van der Waals surface area contributed by atoms with E-state index in [9.17, 15) is 0 Å². The van der Waals surface area contributed by atoms with E-state index in [1.54, 1.807) is 11.9 Å². The van der Waals surface area contributed by atoms with Crippen molar-refractivity contribution in [3.63, 3.8) is 0 Å². The molecule has 0 aromatic carbocycles. The van der Waals surface area contributed by atoms with E-state index in [0.29, 0.717) is 0 Å². The van der Waals surface area contributed by atoms with Crippen LogP contribution < -0.4 is 0 Å². The molecule has 0 fully saturated rings. The topological polar surface area (TPSA) is 0 Å². The molecule has 0 N–H and O–H groups in total. The van der Waals surface area contributed by atoms with E-state index in [4.69, 9.17) is 0 Å². The van der Waals surface area contributed by atoms with Gasteiger partial charge < -0.3 is 0 Å². The van der Waals surface area contributed by atoms with Crippen LogP contribution in [0.1, 0.15) is 59.3 Å². The van der Waals surface area contributed by atoms with E-state index in [-0.39, 0.29) is 0 Å². The second kappa shape index (κ2) is 11.0. The Kier molecular flexibility index (Phi) is 11.8. The van der Waals surface area contributed by atoms with Gasteiger partial charge in [-0.3, -0.25) is 0 Å². The van der Waals surface area contributed by atoms with Gasteiger partial charge >= 0.3 is 93.9 Å². The first kappa shape index (κ1) is 13.9. The molecule has 0 aromatic rings. The van der Waals surface area contributed by atoms with Gasteiger partial charge in [-0.1, -0.05) is 0 Å². The predicted octanol–water partition coefficient (Wildman–Crippen LogP) is 4.88. The van der Waals surface area contributed by atoms with Crippen molar-refractivity contribution >= 4 is 22.7 Å². The quantitative estimate of drug-likeness (QED) is 0.502. The number of hydrogen-bond donors (Lipinski definition) is 0. The molecule has 0 aromatic heterocycles. The van der Waals surface area contributed by atoms with Crippen LogP contribution in [0.3, 0.4) is 0 Å². The molecule has 1 radical (unpaired) electrons. The molecule has 79 valence electrons. The first-order valence-electron chi connectivity index (χ1n) is 6.18. The van der Waals surface area contributed by atoms with E-state index in [0.717, 1.165) is 0 Å². The SMILES string of the molecule is CCC[CH2][Pb]([CH2]CCC)[CH2]CCC. The average molecular weight is 379 g/mol. The summed E-state index contributed by atoms with van der Waals surface area (Å²) in [5.74, 6) is 0. The molecule has 13 heavy (non-hydrogen) atoms. The Labute approximate surface area is 93.6 Å². The summed E-state index contributed by atoms with van der Waals surface area (Å²) in [6.45, 7) is 7.01. The molecule has 0 heterocycles. The number of rotatable bonds is 9. The van der Waals surface area contributed by atoms with Gasteiger partial charge in [0.05, 0.1) is 0 Å². The molecule has 0 aliphatic rings. The Morgan fingerprint density at radius 2 is 0.923 bits per heavy atom. The van der Waals surface area contributed by atoms with Crippen molar-refractivity contribution in [3.05, 3.63) is 0 Å². The summed E-state index contributed by atoms with van der Waals surface area (Å²) in [6, 6.07) is 0. The minimum absolute atomic E-state index is 0.995. The fourth-order valence-electron chi connectivity index (χ4n) is 1.66. The fourth-order valence-corrected chi connectivity index (χ4v) is 14.5. The molecule has 1 heteroatoms. The molecular formula is C12H27Pb. The maximum absolute atomic E-state index is 2.34. The zero-order valence-corrected chi connectivity index (χ0v) is 13.8. The van der Waals surface area contributed by atoms with Crippen LogP contribution in [0.15, 0.2) is 0 Å². The number of unbranched alkanes of at least 4 members (excludes halogenated alkanes) is 3. The van der Waals surface area contributed by atoms with E-state index >= 15 is 0 Å². The van der Waals surface area contributed by atoms with Crippen LogP contribution in [0.5, 0.6) is 0 Å². The summed E-state index contributed by atoms with van der Waals surface area (Å²) >= 11 is -0.995. The molecule has 0 atom stereocenters. The molecule has 0 aliphatic carbocycles. The molecule has 0 unspecified atom stereocenters. The third-order valence-electron chi connectivity index (χ3n) is 2.65. The molecule has 0 rings (SSSR count). The Morgan fingerprint density at radius 1 is 0.615 bits per heavy atom. The van der Waals surface area contributed by atoms with Gasteiger partial charge in [-0.2, -0.15) is 0 Å². The van der Waals surface area contributed by atoms with Crippen LogP contribution in [0.2, 0.25) is 11.9 Å². The fraction of sp³-hybridized carbons (Fsp3) is 1.00.